The van der Waals surface area contributed by atoms with E-state index in [1.807, 2.05) is 114 Å². The lowest BCUT2D eigenvalue weighted by Crippen LogP contribution is -2.48. The molecule has 0 radical (unpaired) electrons. The van der Waals surface area contributed by atoms with Crippen LogP contribution in [-0.2, 0) is 24.0 Å². The molecular formula is C48H49N7O5. The number of likely N-dealkylation sites (tertiary alicyclic amines) is 2. The molecular weight excluding hydrogens is 755 g/mol. The average Bonchev–Trinajstić information content (AvgIpc) is 4.16. The highest BCUT2D eigenvalue weighted by Crippen LogP contribution is 2.36. The molecule has 306 valence electrons. The molecule has 2 aliphatic carbocycles. The summed E-state index contributed by atoms with van der Waals surface area (Å²) in [6.07, 6.45) is 8.06. The van der Waals surface area contributed by atoms with Crippen molar-refractivity contribution in [3.05, 3.63) is 132 Å². The molecule has 4 fully saturated rings. The van der Waals surface area contributed by atoms with Gasteiger partial charge in [0.2, 0.25) is 29.5 Å². The van der Waals surface area contributed by atoms with Crippen molar-refractivity contribution in [2.75, 3.05) is 18.4 Å². The molecule has 12 nitrogen and oxygen atoms in total. The van der Waals surface area contributed by atoms with Crippen molar-refractivity contribution in [1.82, 2.24) is 30.4 Å². The minimum absolute atomic E-state index is 0.00806. The first-order valence-corrected chi connectivity index (χ1v) is 21.2. The van der Waals surface area contributed by atoms with E-state index in [2.05, 4.69) is 20.9 Å². The molecule has 9 rings (SSSR count). The van der Waals surface area contributed by atoms with Crippen LogP contribution in [0.1, 0.15) is 86.4 Å². The van der Waals surface area contributed by atoms with Crippen molar-refractivity contribution in [2.45, 2.75) is 75.5 Å². The number of rotatable bonds is 13. The van der Waals surface area contributed by atoms with Crippen molar-refractivity contribution < 1.29 is 24.0 Å². The lowest BCUT2D eigenvalue weighted by Gasteiger charge is -2.29. The Labute approximate surface area is 349 Å². The summed E-state index contributed by atoms with van der Waals surface area (Å²) in [5.41, 5.74) is 5.87. The second-order valence-corrected chi connectivity index (χ2v) is 16.5. The molecule has 4 N–H and O–H groups in total. The van der Waals surface area contributed by atoms with Crippen LogP contribution >= 0.6 is 0 Å². The topological polar surface area (TPSA) is 157 Å². The molecule has 3 heterocycles. The fourth-order valence-corrected chi connectivity index (χ4v) is 8.49. The normalized spacial score (nSPS) is 19.7. The molecule has 5 aromatic rings. The largest absolute Gasteiger partial charge is 0.340 e. The third-order valence-electron chi connectivity index (χ3n) is 12.2. The Hall–Kier alpha value is -6.56. The van der Waals surface area contributed by atoms with Gasteiger partial charge >= 0.3 is 0 Å². The fraction of sp³-hybridized carbons (Fsp3) is 0.333. The van der Waals surface area contributed by atoms with Gasteiger partial charge in [0.1, 0.15) is 23.9 Å². The van der Waals surface area contributed by atoms with Crippen LogP contribution in [0.25, 0.3) is 22.4 Å². The number of aromatic amines is 1. The number of hydrogen-bond donors (Lipinski definition) is 4. The maximum atomic E-state index is 14.1. The molecule has 1 aromatic heterocycles. The van der Waals surface area contributed by atoms with E-state index in [0.29, 0.717) is 37.2 Å². The summed E-state index contributed by atoms with van der Waals surface area (Å²) in [6, 6.07) is 32.0. The van der Waals surface area contributed by atoms with Gasteiger partial charge < -0.3 is 30.7 Å². The standard InChI is InChI=1S/C48H49N7O5/c56-44(35-19-20-35)52-41(33-9-3-1-4-10-33)47(59)54-27-7-13-39(54)43-49-29-38(51-43)32-17-15-30(16-18-32)31-23-25-37(26-24-31)50-46(58)40-14-8-28-55(40)48(60)42(34-11-5-2-6-12-34)53-45(57)36-21-22-36/h1-6,9-12,15-18,23-26,29,35-36,39-42H,7-8,13-14,19-22,27-28H2,(H,49,51)(H,50,58)(H,52,56)(H,53,57)/t39-,40-,41+,42+/m0/s1. The van der Waals surface area contributed by atoms with E-state index in [-0.39, 0.29) is 47.4 Å². The van der Waals surface area contributed by atoms with E-state index in [1.54, 1.807) is 11.1 Å². The number of H-pyrrole nitrogens is 1. The number of benzene rings is 4. The van der Waals surface area contributed by atoms with Crippen LogP contribution in [0.3, 0.4) is 0 Å². The predicted octanol–water partition coefficient (Wildman–Crippen LogP) is 6.87. The van der Waals surface area contributed by atoms with E-state index in [1.165, 1.54) is 0 Å². The fourth-order valence-electron chi connectivity index (χ4n) is 8.49. The van der Waals surface area contributed by atoms with Gasteiger partial charge in [-0.25, -0.2) is 4.98 Å². The molecule has 2 saturated carbocycles. The second-order valence-electron chi connectivity index (χ2n) is 16.5. The number of anilines is 1. The molecule has 0 bridgehead atoms. The quantitative estimate of drug-likeness (QED) is 0.102. The van der Waals surface area contributed by atoms with Crippen molar-refractivity contribution >= 4 is 35.2 Å². The van der Waals surface area contributed by atoms with E-state index in [9.17, 15) is 24.0 Å². The van der Waals surface area contributed by atoms with Gasteiger partial charge in [-0.2, -0.15) is 0 Å². The molecule has 4 aromatic carbocycles. The molecule has 0 unspecified atom stereocenters. The highest BCUT2D eigenvalue weighted by molar-refractivity contribution is 5.99. The monoisotopic (exact) mass is 803 g/mol. The average molecular weight is 804 g/mol. The Morgan fingerprint density at radius 2 is 1.07 bits per heavy atom. The molecule has 5 amide bonds. The SMILES string of the molecule is O=C(N[C@@H](C(=O)N1CCC[C@H]1C(=O)Nc1ccc(-c2ccc(-c3cnc([C@@H]4CCCN4C(=O)[C@H](NC(=O)C4CC4)c4ccccc4)[nH]3)cc2)cc1)c1ccccc1)C1CC1. The van der Waals surface area contributed by atoms with Crippen molar-refractivity contribution in [1.29, 1.82) is 0 Å². The number of imidazole rings is 1. The van der Waals surface area contributed by atoms with Crippen LogP contribution in [-0.4, -0.2) is 68.4 Å². The molecule has 12 heteroatoms. The number of carbonyl (C=O) groups is 5. The summed E-state index contributed by atoms with van der Waals surface area (Å²) in [5.74, 6) is -0.155. The van der Waals surface area contributed by atoms with Crippen molar-refractivity contribution in [3.8, 4) is 22.4 Å². The van der Waals surface area contributed by atoms with Crippen LogP contribution in [0.4, 0.5) is 5.69 Å². The minimum Gasteiger partial charge on any atom is -0.340 e. The van der Waals surface area contributed by atoms with Gasteiger partial charge in [0, 0.05) is 30.6 Å². The Balaban J connectivity index is 0.832. The van der Waals surface area contributed by atoms with Crippen molar-refractivity contribution in [3.63, 3.8) is 0 Å². The number of hydrogen-bond acceptors (Lipinski definition) is 6. The number of amides is 5. The summed E-state index contributed by atoms with van der Waals surface area (Å²) >= 11 is 0. The van der Waals surface area contributed by atoms with Gasteiger partial charge in [-0.3, -0.25) is 24.0 Å². The van der Waals surface area contributed by atoms with Crippen LogP contribution < -0.4 is 16.0 Å². The van der Waals surface area contributed by atoms with Crippen LogP contribution in [0.5, 0.6) is 0 Å². The summed E-state index contributed by atoms with van der Waals surface area (Å²) in [6.45, 7) is 1.04. The molecule has 0 spiro atoms. The minimum atomic E-state index is -0.840. The molecule has 60 heavy (non-hydrogen) atoms. The molecule has 4 atom stereocenters. The Morgan fingerprint density at radius 1 is 0.567 bits per heavy atom. The van der Waals surface area contributed by atoms with E-state index in [4.69, 9.17) is 4.98 Å². The zero-order valence-electron chi connectivity index (χ0n) is 33.4. The highest BCUT2D eigenvalue weighted by Gasteiger charge is 2.41. The van der Waals surface area contributed by atoms with Gasteiger partial charge in [-0.15, -0.1) is 0 Å². The lowest BCUT2D eigenvalue weighted by atomic mass is 10.0. The molecule has 2 saturated heterocycles. The summed E-state index contributed by atoms with van der Waals surface area (Å²) in [7, 11) is 0. The zero-order chi connectivity index (χ0) is 41.2. The summed E-state index contributed by atoms with van der Waals surface area (Å²) in [4.78, 5) is 78.8. The maximum absolute atomic E-state index is 14.1. The van der Waals surface area contributed by atoms with Gasteiger partial charge in [0.15, 0.2) is 0 Å². The number of aromatic nitrogens is 2. The zero-order valence-corrected chi connectivity index (χ0v) is 33.4. The van der Waals surface area contributed by atoms with Crippen molar-refractivity contribution in [2.24, 2.45) is 11.8 Å². The molecule has 4 aliphatic rings. The first-order chi connectivity index (χ1) is 29.3. The lowest BCUT2D eigenvalue weighted by molar-refractivity contribution is -0.140. The number of nitrogens with zero attached hydrogens (tertiary/aromatic N) is 3. The second kappa shape index (κ2) is 17.0. The van der Waals surface area contributed by atoms with Crippen LogP contribution in [0, 0.1) is 11.8 Å². The van der Waals surface area contributed by atoms with E-state index < -0.39 is 18.1 Å². The van der Waals surface area contributed by atoms with E-state index in [0.717, 1.165) is 72.3 Å². The smallest absolute Gasteiger partial charge is 0.250 e. The Bertz CT molecular complexity index is 2360. The Morgan fingerprint density at radius 3 is 1.63 bits per heavy atom. The summed E-state index contributed by atoms with van der Waals surface area (Å²) in [5, 5.41) is 9.01. The van der Waals surface area contributed by atoms with E-state index >= 15 is 0 Å². The van der Waals surface area contributed by atoms with Gasteiger partial charge in [0.25, 0.3) is 0 Å². The van der Waals surface area contributed by atoms with Gasteiger partial charge in [0.05, 0.1) is 17.9 Å². The van der Waals surface area contributed by atoms with Crippen LogP contribution in [0.15, 0.2) is 115 Å². The number of carbonyl (C=O) groups excluding carboxylic acids is 5. The summed E-state index contributed by atoms with van der Waals surface area (Å²) < 4.78 is 0. The maximum Gasteiger partial charge on any atom is 0.250 e. The highest BCUT2D eigenvalue weighted by atomic mass is 16.2. The Kier molecular flexibility index (Phi) is 11.0. The first-order valence-electron chi connectivity index (χ1n) is 21.2. The first kappa shape index (κ1) is 38.9. The van der Waals surface area contributed by atoms with Gasteiger partial charge in [-0.1, -0.05) is 97.1 Å². The third-order valence-corrected chi connectivity index (χ3v) is 12.2. The third kappa shape index (κ3) is 8.45. The van der Waals surface area contributed by atoms with Gasteiger partial charge in [-0.05, 0) is 91.3 Å². The molecule has 2 aliphatic heterocycles. The van der Waals surface area contributed by atoms with Crippen LogP contribution in [0.2, 0.25) is 0 Å². The predicted molar refractivity (Wildman–Crippen MR) is 227 cm³/mol. The number of nitrogens with one attached hydrogen (secondary N) is 4.